The molecule has 7 heteroatoms. The number of rotatable bonds is 5. The first-order valence-corrected chi connectivity index (χ1v) is 7.70. The van der Waals surface area contributed by atoms with Gasteiger partial charge >= 0.3 is 0 Å². The molecule has 0 unspecified atom stereocenters. The van der Waals surface area contributed by atoms with Crippen LogP contribution in [0.15, 0.2) is 34.2 Å². The van der Waals surface area contributed by atoms with Gasteiger partial charge in [0.15, 0.2) is 0 Å². The molecule has 0 saturated carbocycles. The van der Waals surface area contributed by atoms with Crippen LogP contribution >= 0.6 is 0 Å². The number of H-pyrrole nitrogens is 1. The molecule has 0 aliphatic carbocycles. The van der Waals surface area contributed by atoms with E-state index in [0.717, 1.165) is 0 Å². The van der Waals surface area contributed by atoms with Gasteiger partial charge in [-0.15, -0.1) is 0 Å². The number of aromatic amines is 1. The number of hydrogen-bond donors (Lipinski definition) is 2. The lowest BCUT2D eigenvalue weighted by Gasteiger charge is -2.03. The first-order chi connectivity index (χ1) is 11.3. The van der Waals surface area contributed by atoms with Gasteiger partial charge in [-0.2, -0.15) is 5.10 Å². The second kappa shape index (κ2) is 7.25. The molecular formula is C17H21FN4O2. The predicted molar refractivity (Wildman–Crippen MR) is 90.9 cm³/mol. The Balaban J connectivity index is 2.30. The summed E-state index contributed by atoms with van der Waals surface area (Å²) < 4.78 is 14.3. The van der Waals surface area contributed by atoms with E-state index in [4.69, 9.17) is 0 Å². The maximum Gasteiger partial charge on any atom is 0.280 e. The van der Waals surface area contributed by atoms with Crippen molar-refractivity contribution in [2.45, 2.75) is 34.1 Å². The zero-order chi connectivity index (χ0) is 17.9. The van der Waals surface area contributed by atoms with Crippen molar-refractivity contribution < 1.29 is 9.18 Å². The molecule has 2 N–H and O–H groups in total. The minimum Gasteiger partial charge on any atom is -0.295 e. The summed E-state index contributed by atoms with van der Waals surface area (Å²) in [5, 5.41) is 6.95. The molecule has 0 aliphatic heterocycles. The maximum atomic E-state index is 13.0. The molecule has 0 fully saturated rings. The molecule has 0 bridgehead atoms. The van der Waals surface area contributed by atoms with E-state index in [1.165, 1.54) is 28.9 Å². The molecule has 1 aromatic heterocycles. The molecule has 0 atom stereocenters. The van der Waals surface area contributed by atoms with Crippen molar-refractivity contribution in [2.24, 2.45) is 11.0 Å². The number of nitrogens with zero attached hydrogens (tertiary/aromatic N) is 2. The van der Waals surface area contributed by atoms with Crippen LogP contribution in [0.2, 0.25) is 0 Å². The van der Waals surface area contributed by atoms with Gasteiger partial charge in [0.25, 0.3) is 5.56 Å². The first kappa shape index (κ1) is 17.7. The number of carbonyl (C=O) groups is 1. The molecule has 128 valence electrons. The highest BCUT2D eigenvalue weighted by Gasteiger charge is 2.15. The fourth-order valence-electron chi connectivity index (χ4n) is 2.36. The minimum atomic E-state index is -0.374. The summed E-state index contributed by atoms with van der Waals surface area (Å²) in [4.78, 5) is 24.3. The molecule has 0 radical (unpaired) electrons. The predicted octanol–water partition coefficient (Wildman–Crippen LogP) is 2.50. The van der Waals surface area contributed by atoms with Gasteiger partial charge in [0.2, 0.25) is 5.91 Å². The third-order valence-electron chi connectivity index (χ3n) is 3.46. The van der Waals surface area contributed by atoms with Gasteiger partial charge in [-0.1, -0.05) is 13.8 Å². The second-order valence-electron chi connectivity index (χ2n) is 6.06. The molecule has 0 spiro atoms. The van der Waals surface area contributed by atoms with E-state index < -0.39 is 0 Å². The number of nitrogens with one attached hydrogen (secondary N) is 2. The summed E-state index contributed by atoms with van der Waals surface area (Å²) >= 11 is 0. The fraction of sp³-hybridized carbons (Fsp3) is 0.353. The van der Waals surface area contributed by atoms with Crippen molar-refractivity contribution in [3.8, 4) is 5.69 Å². The van der Waals surface area contributed by atoms with E-state index in [2.05, 4.69) is 15.6 Å². The monoisotopic (exact) mass is 332 g/mol. The van der Waals surface area contributed by atoms with Gasteiger partial charge < -0.3 is 0 Å². The van der Waals surface area contributed by atoms with Gasteiger partial charge in [0.1, 0.15) is 5.82 Å². The van der Waals surface area contributed by atoms with E-state index in [1.54, 1.807) is 13.8 Å². The summed E-state index contributed by atoms with van der Waals surface area (Å²) in [5.41, 5.74) is 4.08. The zero-order valence-electron chi connectivity index (χ0n) is 14.2. The molecule has 24 heavy (non-hydrogen) atoms. The Morgan fingerprint density at radius 2 is 1.96 bits per heavy atom. The van der Waals surface area contributed by atoms with Gasteiger partial charge in [0.05, 0.1) is 17.0 Å². The lowest BCUT2D eigenvalue weighted by atomic mass is 10.1. The molecule has 1 aromatic carbocycles. The Bertz CT molecular complexity index is 816. The molecule has 1 heterocycles. The van der Waals surface area contributed by atoms with Crippen molar-refractivity contribution in [3.63, 3.8) is 0 Å². The van der Waals surface area contributed by atoms with Crippen molar-refractivity contribution >= 4 is 11.6 Å². The molecule has 0 aliphatic rings. The lowest BCUT2D eigenvalue weighted by Crippen LogP contribution is -2.24. The highest BCUT2D eigenvalue weighted by Crippen LogP contribution is 2.09. The average Bonchev–Trinajstić information content (AvgIpc) is 2.80. The van der Waals surface area contributed by atoms with Crippen molar-refractivity contribution in [3.05, 3.63) is 51.7 Å². The molecule has 2 rings (SSSR count). The number of halogens is 1. The smallest absolute Gasteiger partial charge is 0.280 e. The van der Waals surface area contributed by atoms with Crippen molar-refractivity contribution in [2.75, 3.05) is 0 Å². The van der Waals surface area contributed by atoms with E-state index in [0.29, 0.717) is 29.1 Å². The van der Waals surface area contributed by atoms with Gasteiger partial charge in [-0.3, -0.25) is 14.7 Å². The SMILES string of the molecule is C/C(=N\NC(=O)CC(C)C)c1c(C)[nH]n(-c2ccc(F)cc2)c1=O. The maximum absolute atomic E-state index is 13.0. The van der Waals surface area contributed by atoms with Gasteiger partial charge in [0, 0.05) is 12.1 Å². The summed E-state index contributed by atoms with van der Waals surface area (Å²) in [6.45, 7) is 7.27. The topological polar surface area (TPSA) is 79.2 Å². The molecule has 0 saturated heterocycles. The largest absolute Gasteiger partial charge is 0.295 e. The number of aryl methyl sites for hydroxylation is 1. The van der Waals surface area contributed by atoms with E-state index in [-0.39, 0.29) is 23.2 Å². The van der Waals surface area contributed by atoms with Crippen LogP contribution in [0, 0.1) is 18.7 Å². The number of amides is 1. The molecule has 1 amide bonds. The Hall–Kier alpha value is -2.70. The third-order valence-corrected chi connectivity index (χ3v) is 3.46. The Morgan fingerprint density at radius 1 is 1.33 bits per heavy atom. The Morgan fingerprint density at radius 3 is 2.54 bits per heavy atom. The number of carbonyl (C=O) groups excluding carboxylic acids is 1. The highest BCUT2D eigenvalue weighted by atomic mass is 19.1. The Kier molecular flexibility index (Phi) is 5.33. The van der Waals surface area contributed by atoms with Crippen LogP contribution in [0.5, 0.6) is 0 Å². The van der Waals surface area contributed by atoms with Gasteiger partial charge in [-0.05, 0) is 44.0 Å². The highest BCUT2D eigenvalue weighted by molar-refractivity contribution is 6.00. The minimum absolute atomic E-state index is 0.198. The second-order valence-corrected chi connectivity index (χ2v) is 6.06. The number of aromatic nitrogens is 2. The van der Waals surface area contributed by atoms with Gasteiger partial charge in [-0.25, -0.2) is 14.5 Å². The fourth-order valence-corrected chi connectivity index (χ4v) is 2.36. The standard InChI is InChI=1S/C17H21FN4O2/c1-10(2)9-15(23)20-19-11(3)16-12(4)21-22(17(16)24)14-7-5-13(18)6-8-14/h5-8,10,21H,9H2,1-4H3,(H,20,23)/b19-11+. The van der Waals surface area contributed by atoms with E-state index in [9.17, 15) is 14.0 Å². The van der Waals surface area contributed by atoms with Crippen LogP contribution in [0.3, 0.4) is 0 Å². The van der Waals surface area contributed by atoms with E-state index >= 15 is 0 Å². The zero-order valence-corrected chi connectivity index (χ0v) is 14.2. The normalized spacial score (nSPS) is 11.8. The third kappa shape index (κ3) is 3.98. The lowest BCUT2D eigenvalue weighted by molar-refractivity contribution is -0.121. The number of hydrazone groups is 1. The van der Waals surface area contributed by atoms with Crippen LogP contribution in [-0.2, 0) is 4.79 Å². The molecule has 2 aromatic rings. The quantitative estimate of drug-likeness (QED) is 0.652. The van der Waals surface area contributed by atoms with Crippen LogP contribution < -0.4 is 11.0 Å². The van der Waals surface area contributed by atoms with Crippen LogP contribution in [0.4, 0.5) is 4.39 Å². The summed E-state index contributed by atoms with van der Waals surface area (Å²) in [5.74, 6) is -0.345. The number of benzene rings is 1. The number of hydrogen-bond acceptors (Lipinski definition) is 3. The average molecular weight is 332 g/mol. The van der Waals surface area contributed by atoms with Crippen LogP contribution in [-0.4, -0.2) is 21.4 Å². The van der Waals surface area contributed by atoms with Crippen molar-refractivity contribution in [1.82, 2.24) is 15.2 Å². The van der Waals surface area contributed by atoms with Crippen LogP contribution in [0.1, 0.15) is 38.4 Å². The summed E-state index contributed by atoms with van der Waals surface area (Å²) in [6.07, 6.45) is 0.364. The van der Waals surface area contributed by atoms with Crippen LogP contribution in [0.25, 0.3) is 5.69 Å². The first-order valence-electron chi connectivity index (χ1n) is 7.70. The summed E-state index contributed by atoms with van der Waals surface area (Å²) in [7, 11) is 0. The van der Waals surface area contributed by atoms with E-state index in [1.807, 2.05) is 13.8 Å². The molecular weight excluding hydrogens is 311 g/mol. The Labute approximate surface area is 139 Å². The summed E-state index contributed by atoms with van der Waals surface area (Å²) in [6, 6.07) is 5.58. The van der Waals surface area contributed by atoms with Crippen molar-refractivity contribution in [1.29, 1.82) is 0 Å². The molecule has 6 nitrogen and oxygen atoms in total.